The van der Waals surface area contributed by atoms with E-state index in [1.54, 1.807) is 0 Å². The van der Waals surface area contributed by atoms with Crippen molar-refractivity contribution in [1.82, 2.24) is 15.1 Å². The van der Waals surface area contributed by atoms with Gasteiger partial charge in [0.05, 0.1) is 5.69 Å². The molecule has 0 aromatic carbocycles. The first kappa shape index (κ1) is 17.7. The van der Waals surface area contributed by atoms with Crippen molar-refractivity contribution < 1.29 is 9.90 Å². The molecule has 0 spiro atoms. The second-order valence-corrected chi connectivity index (χ2v) is 6.54. The Bertz CT molecular complexity index is 478. The summed E-state index contributed by atoms with van der Waals surface area (Å²) in [7, 11) is 1.93. The summed E-state index contributed by atoms with van der Waals surface area (Å²) in [5.41, 5.74) is 3.33. The smallest absolute Gasteiger partial charge is 0.220 e. The molecule has 0 saturated carbocycles. The van der Waals surface area contributed by atoms with Crippen LogP contribution in [-0.2, 0) is 18.3 Å². The zero-order chi connectivity index (χ0) is 16.0. The first-order valence-corrected chi connectivity index (χ1v) is 7.63. The lowest BCUT2D eigenvalue weighted by atomic mass is 9.88. The number of hydrogen-bond acceptors (Lipinski definition) is 3. The number of aliphatic hydroxyl groups excluding tert-OH is 1. The van der Waals surface area contributed by atoms with Crippen LogP contribution >= 0.6 is 0 Å². The van der Waals surface area contributed by atoms with Gasteiger partial charge in [0.25, 0.3) is 0 Å². The third-order valence-electron chi connectivity index (χ3n) is 4.04. The van der Waals surface area contributed by atoms with Gasteiger partial charge in [0.15, 0.2) is 0 Å². The van der Waals surface area contributed by atoms with Crippen molar-refractivity contribution in [2.75, 3.05) is 13.2 Å². The van der Waals surface area contributed by atoms with Crippen molar-refractivity contribution in [1.29, 1.82) is 0 Å². The van der Waals surface area contributed by atoms with Gasteiger partial charge in [-0.1, -0.05) is 13.8 Å². The summed E-state index contributed by atoms with van der Waals surface area (Å²) in [4.78, 5) is 12.0. The number of nitrogens with one attached hydrogen (secondary N) is 1. The molecule has 1 rings (SSSR count). The highest BCUT2D eigenvalue weighted by molar-refractivity contribution is 5.76. The highest BCUT2D eigenvalue weighted by atomic mass is 16.2. The quantitative estimate of drug-likeness (QED) is 0.769. The van der Waals surface area contributed by atoms with E-state index >= 15 is 0 Å². The number of aromatic nitrogens is 2. The highest BCUT2D eigenvalue weighted by Crippen LogP contribution is 2.21. The molecule has 0 saturated heterocycles. The zero-order valence-electron chi connectivity index (χ0n) is 14.0. The van der Waals surface area contributed by atoms with Gasteiger partial charge in [-0.15, -0.1) is 0 Å². The maximum atomic E-state index is 12.0. The summed E-state index contributed by atoms with van der Waals surface area (Å²) in [5.74, 6) is 0.0785. The fourth-order valence-electron chi connectivity index (χ4n) is 2.49. The molecule has 0 aliphatic carbocycles. The minimum Gasteiger partial charge on any atom is -0.396 e. The number of rotatable bonds is 8. The van der Waals surface area contributed by atoms with Crippen molar-refractivity contribution in [2.24, 2.45) is 12.5 Å². The van der Waals surface area contributed by atoms with Gasteiger partial charge in [0.2, 0.25) is 5.91 Å². The SMILES string of the molecule is Cc1nn(C)c(C)c1CCC(=O)NCC(C)(C)CCCO. The van der Waals surface area contributed by atoms with E-state index in [4.69, 9.17) is 5.11 Å². The van der Waals surface area contributed by atoms with Crippen LogP contribution in [-0.4, -0.2) is 33.9 Å². The molecule has 1 heterocycles. The van der Waals surface area contributed by atoms with Gasteiger partial charge in [0.1, 0.15) is 0 Å². The van der Waals surface area contributed by atoms with Crippen LogP contribution in [0.25, 0.3) is 0 Å². The second kappa shape index (κ2) is 7.59. The number of nitrogens with zero attached hydrogens (tertiary/aromatic N) is 2. The fourth-order valence-corrected chi connectivity index (χ4v) is 2.49. The number of aliphatic hydroxyl groups is 1. The number of aryl methyl sites for hydroxylation is 2. The monoisotopic (exact) mass is 295 g/mol. The maximum Gasteiger partial charge on any atom is 0.220 e. The molecule has 2 N–H and O–H groups in total. The Kier molecular flexibility index (Phi) is 6.40. The molecule has 1 aromatic rings. The Morgan fingerprint density at radius 1 is 1.38 bits per heavy atom. The molecule has 0 fully saturated rings. The molecule has 0 radical (unpaired) electrons. The third kappa shape index (κ3) is 5.50. The van der Waals surface area contributed by atoms with Crippen molar-refractivity contribution in [3.8, 4) is 0 Å². The van der Waals surface area contributed by atoms with Gasteiger partial charge in [-0.25, -0.2) is 0 Å². The van der Waals surface area contributed by atoms with Crippen LogP contribution in [0.3, 0.4) is 0 Å². The van der Waals surface area contributed by atoms with Gasteiger partial charge >= 0.3 is 0 Å². The minimum atomic E-state index is 0.0263. The Labute approximate surface area is 127 Å². The Hall–Kier alpha value is -1.36. The molecule has 120 valence electrons. The van der Waals surface area contributed by atoms with Crippen LogP contribution in [0.4, 0.5) is 0 Å². The number of amides is 1. The van der Waals surface area contributed by atoms with E-state index in [1.807, 2.05) is 25.6 Å². The maximum absolute atomic E-state index is 12.0. The molecule has 0 bridgehead atoms. The molecule has 0 aliphatic heterocycles. The van der Waals surface area contributed by atoms with Gasteiger partial charge < -0.3 is 10.4 Å². The zero-order valence-corrected chi connectivity index (χ0v) is 14.0. The summed E-state index contributed by atoms with van der Waals surface area (Å²) in [5, 5.41) is 16.2. The highest BCUT2D eigenvalue weighted by Gasteiger charge is 2.18. The van der Waals surface area contributed by atoms with Gasteiger partial charge in [-0.2, -0.15) is 5.10 Å². The number of hydrogen-bond donors (Lipinski definition) is 2. The topological polar surface area (TPSA) is 67.2 Å². The molecule has 5 heteroatoms. The van der Waals surface area contributed by atoms with E-state index in [-0.39, 0.29) is 17.9 Å². The summed E-state index contributed by atoms with van der Waals surface area (Å²) < 4.78 is 1.86. The molecule has 0 aliphatic rings. The van der Waals surface area contributed by atoms with E-state index in [2.05, 4.69) is 24.3 Å². The average molecular weight is 295 g/mol. The molecule has 5 nitrogen and oxygen atoms in total. The van der Waals surface area contributed by atoms with Crippen molar-refractivity contribution >= 4 is 5.91 Å². The second-order valence-electron chi connectivity index (χ2n) is 6.54. The molecule has 21 heavy (non-hydrogen) atoms. The lowest BCUT2D eigenvalue weighted by Crippen LogP contribution is -2.34. The summed E-state index contributed by atoms with van der Waals surface area (Å²) in [6.07, 6.45) is 2.90. The van der Waals surface area contributed by atoms with Crippen molar-refractivity contribution in [2.45, 2.75) is 53.4 Å². The Morgan fingerprint density at radius 3 is 2.57 bits per heavy atom. The lowest BCUT2D eigenvalue weighted by Gasteiger charge is -2.24. The lowest BCUT2D eigenvalue weighted by molar-refractivity contribution is -0.121. The van der Waals surface area contributed by atoms with Crippen LogP contribution in [0.15, 0.2) is 0 Å². The molecular weight excluding hydrogens is 266 g/mol. The number of carbonyl (C=O) groups excluding carboxylic acids is 1. The standard InChI is InChI=1S/C16H29N3O2/c1-12-14(13(2)19(5)18-12)7-8-15(21)17-11-16(3,4)9-6-10-20/h20H,6-11H2,1-5H3,(H,17,21). The molecular formula is C16H29N3O2. The van der Waals surface area contributed by atoms with E-state index < -0.39 is 0 Å². The van der Waals surface area contributed by atoms with E-state index in [1.165, 1.54) is 5.56 Å². The van der Waals surface area contributed by atoms with Crippen LogP contribution in [0.5, 0.6) is 0 Å². The van der Waals surface area contributed by atoms with E-state index in [0.29, 0.717) is 13.0 Å². The van der Waals surface area contributed by atoms with Crippen molar-refractivity contribution in [3.63, 3.8) is 0 Å². The summed E-state index contributed by atoms with van der Waals surface area (Å²) in [6, 6.07) is 0. The Balaban J connectivity index is 2.41. The first-order valence-electron chi connectivity index (χ1n) is 7.63. The van der Waals surface area contributed by atoms with Crippen molar-refractivity contribution in [3.05, 3.63) is 17.0 Å². The van der Waals surface area contributed by atoms with Gasteiger partial charge in [0, 0.05) is 32.3 Å². The largest absolute Gasteiger partial charge is 0.396 e. The molecule has 1 aromatic heterocycles. The first-order chi connectivity index (χ1) is 9.76. The summed E-state index contributed by atoms with van der Waals surface area (Å²) >= 11 is 0. The van der Waals surface area contributed by atoms with Gasteiger partial charge in [-0.05, 0) is 44.1 Å². The van der Waals surface area contributed by atoms with Crippen LogP contribution in [0, 0.1) is 19.3 Å². The van der Waals surface area contributed by atoms with E-state index in [0.717, 1.165) is 30.7 Å². The van der Waals surface area contributed by atoms with Crippen LogP contribution in [0.2, 0.25) is 0 Å². The molecule has 0 unspecified atom stereocenters. The molecule has 0 atom stereocenters. The summed E-state index contributed by atoms with van der Waals surface area (Å²) in [6.45, 7) is 9.09. The Morgan fingerprint density at radius 2 is 2.05 bits per heavy atom. The third-order valence-corrected chi connectivity index (χ3v) is 4.04. The number of carbonyl (C=O) groups is 1. The normalized spacial score (nSPS) is 11.7. The van der Waals surface area contributed by atoms with E-state index in [9.17, 15) is 4.79 Å². The van der Waals surface area contributed by atoms with Gasteiger partial charge in [-0.3, -0.25) is 9.48 Å². The van der Waals surface area contributed by atoms with Crippen LogP contribution < -0.4 is 5.32 Å². The minimum absolute atomic E-state index is 0.0263. The van der Waals surface area contributed by atoms with Crippen LogP contribution in [0.1, 0.15) is 50.1 Å². The average Bonchev–Trinajstić information content (AvgIpc) is 2.66. The predicted molar refractivity (Wildman–Crippen MR) is 84.1 cm³/mol. The fraction of sp³-hybridized carbons (Fsp3) is 0.750. The molecule has 1 amide bonds. The predicted octanol–water partition coefficient (Wildman–Crippen LogP) is 1.88.